The van der Waals surface area contributed by atoms with E-state index in [0.717, 1.165) is 48.9 Å². The van der Waals surface area contributed by atoms with Crippen LogP contribution in [0.4, 0.5) is 5.69 Å². The SMILES string of the molecule is CCc1nc2ccc(C34CC3C4)cn2c1C(=O)NCc1ccc(N2CCC(COC(C)C)CC2)cc1. The van der Waals surface area contributed by atoms with E-state index >= 15 is 0 Å². The maximum absolute atomic E-state index is 13.3. The molecule has 0 radical (unpaired) electrons. The lowest BCUT2D eigenvalue weighted by atomic mass is 9.97. The summed E-state index contributed by atoms with van der Waals surface area (Å²) in [5.74, 6) is 1.48. The average molecular weight is 487 g/mol. The van der Waals surface area contributed by atoms with E-state index in [1.54, 1.807) is 0 Å². The summed E-state index contributed by atoms with van der Waals surface area (Å²) in [6.07, 6.45) is 8.16. The summed E-state index contributed by atoms with van der Waals surface area (Å²) in [4.78, 5) is 20.5. The molecule has 190 valence electrons. The van der Waals surface area contributed by atoms with Crippen molar-refractivity contribution < 1.29 is 9.53 Å². The first kappa shape index (κ1) is 23.5. The second-order valence-electron chi connectivity index (χ2n) is 11.3. The molecule has 36 heavy (non-hydrogen) atoms. The highest BCUT2D eigenvalue weighted by molar-refractivity contribution is 5.94. The van der Waals surface area contributed by atoms with Crippen LogP contribution < -0.4 is 10.2 Å². The van der Waals surface area contributed by atoms with Crippen LogP contribution >= 0.6 is 0 Å². The normalized spacial score (nSPS) is 23.2. The third kappa shape index (κ3) is 4.40. The fourth-order valence-electron chi connectivity index (χ4n) is 5.83. The van der Waals surface area contributed by atoms with Gasteiger partial charge in [0, 0.05) is 43.5 Å². The zero-order valence-electron chi connectivity index (χ0n) is 21.8. The minimum absolute atomic E-state index is 0.0492. The molecule has 6 nitrogen and oxygen atoms in total. The van der Waals surface area contributed by atoms with Crippen molar-refractivity contribution in [1.82, 2.24) is 14.7 Å². The molecule has 3 aliphatic rings. The van der Waals surface area contributed by atoms with Crippen LogP contribution in [-0.4, -0.2) is 41.1 Å². The third-order valence-corrected chi connectivity index (χ3v) is 8.53. The Labute approximate surface area is 214 Å². The maximum Gasteiger partial charge on any atom is 0.270 e. The number of imidazole rings is 1. The predicted molar refractivity (Wildman–Crippen MR) is 143 cm³/mol. The molecular weight excluding hydrogens is 448 g/mol. The number of benzene rings is 1. The van der Waals surface area contributed by atoms with Gasteiger partial charge in [-0.25, -0.2) is 4.98 Å². The van der Waals surface area contributed by atoms with Crippen LogP contribution in [0.25, 0.3) is 5.65 Å². The number of ether oxygens (including phenoxy) is 1. The van der Waals surface area contributed by atoms with Crippen LogP contribution in [0.15, 0.2) is 42.6 Å². The smallest absolute Gasteiger partial charge is 0.270 e. The van der Waals surface area contributed by atoms with Gasteiger partial charge >= 0.3 is 0 Å². The molecule has 6 heteroatoms. The number of hydrogen-bond donors (Lipinski definition) is 1. The van der Waals surface area contributed by atoms with Gasteiger partial charge in [-0.05, 0) is 87.1 Å². The fourth-order valence-corrected chi connectivity index (χ4v) is 5.83. The molecule has 1 saturated heterocycles. The second kappa shape index (κ2) is 9.22. The van der Waals surface area contributed by atoms with Gasteiger partial charge in [-0.3, -0.25) is 9.20 Å². The number of amides is 1. The largest absolute Gasteiger partial charge is 0.379 e. The van der Waals surface area contributed by atoms with Gasteiger partial charge in [-0.15, -0.1) is 0 Å². The van der Waals surface area contributed by atoms with Crippen LogP contribution in [0.1, 0.15) is 73.8 Å². The second-order valence-corrected chi connectivity index (χ2v) is 11.3. The van der Waals surface area contributed by atoms with E-state index in [2.05, 4.69) is 73.6 Å². The van der Waals surface area contributed by atoms with Gasteiger partial charge in [0.1, 0.15) is 11.3 Å². The van der Waals surface area contributed by atoms with E-state index in [4.69, 9.17) is 9.72 Å². The Morgan fingerprint density at radius 3 is 2.50 bits per heavy atom. The van der Waals surface area contributed by atoms with Crippen LogP contribution in [0.2, 0.25) is 0 Å². The van der Waals surface area contributed by atoms with Crippen molar-refractivity contribution in [3.05, 3.63) is 65.1 Å². The number of aryl methyl sites for hydroxylation is 1. The summed E-state index contributed by atoms with van der Waals surface area (Å²) in [6, 6.07) is 12.9. The summed E-state index contributed by atoms with van der Waals surface area (Å²) in [6.45, 7) is 9.79. The van der Waals surface area contributed by atoms with Crippen molar-refractivity contribution in [2.45, 2.75) is 70.9 Å². The number of aromatic nitrogens is 2. The van der Waals surface area contributed by atoms with Crippen molar-refractivity contribution >= 4 is 17.2 Å². The zero-order chi connectivity index (χ0) is 24.9. The Morgan fingerprint density at radius 2 is 1.86 bits per heavy atom. The maximum atomic E-state index is 13.3. The lowest BCUT2D eigenvalue weighted by Crippen LogP contribution is -2.35. The molecule has 0 spiro atoms. The summed E-state index contributed by atoms with van der Waals surface area (Å²) < 4.78 is 7.83. The Hall–Kier alpha value is -2.86. The Balaban J connectivity index is 1.08. The average Bonchev–Trinajstić information content (AvgIpc) is 3.75. The topological polar surface area (TPSA) is 58.9 Å². The molecule has 2 aliphatic carbocycles. The third-order valence-electron chi connectivity index (χ3n) is 8.53. The molecule has 1 aromatic carbocycles. The molecule has 1 aliphatic heterocycles. The molecule has 3 aromatic rings. The van der Waals surface area contributed by atoms with E-state index < -0.39 is 0 Å². The molecule has 6 rings (SSSR count). The standard InChI is InChI=1S/C30H38N4O2/c1-4-26-28(34-18-23(7-10-27(34)32-26)30-15-24(30)16-30)29(35)31-17-21-5-8-25(9-6-21)33-13-11-22(12-14-33)19-36-20(2)3/h5-10,18,20,22,24H,4,11-17,19H2,1-3H3,(H,31,35). The van der Waals surface area contributed by atoms with Gasteiger partial charge in [0.25, 0.3) is 5.91 Å². The van der Waals surface area contributed by atoms with Crippen LogP contribution in [0.5, 0.6) is 0 Å². The number of nitrogens with one attached hydrogen (secondary N) is 1. The van der Waals surface area contributed by atoms with Gasteiger partial charge in [-0.1, -0.05) is 25.1 Å². The van der Waals surface area contributed by atoms with Crippen LogP contribution in [0, 0.1) is 11.8 Å². The lowest BCUT2D eigenvalue weighted by Gasteiger charge is -2.33. The molecule has 3 fully saturated rings. The number of piperidine rings is 1. The number of hydrogen-bond acceptors (Lipinski definition) is 4. The molecular formula is C30H38N4O2. The molecule has 3 heterocycles. The number of anilines is 1. The van der Waals surface area contributed by atoms with E-state index in [1.807, 2.05) is 4.40 Å². The van der Waals surface area contributed by atoms with Crippen LogP contribution in [-0.2, 0) is 23.1 Å². The number of fused-ring (bicyclic) bond motifs is 2. The first-order valence-corrected chi connectivity index (χ1v) is 13.7. The van der Waals surface area contributed by atoms with Gasteiger partial charge in [0.2, 0.25) is 0 Å². The van der Waals surface area contributed by atoms with Crippen molar-refractivity contribution in [1.29, 1.82) is 0 Å². The Morgan fingerprint density at radius 1 is 1.14 bits per heavy atom. The fraction of sp³-hybridized carbons (Fsp3) is 0.533. The molecule has 1 N–H and O–H groups in total. The molecule has 0 atom stereocenters. The molecule has 2 aromatic heterocycles. The quantitative estimate of drug-likeness (QED) is 0.456. The number of rotatable bonds is 9. The predicted octanol–water partition coefficient (Wildman–Crippen LogP) is 5.13. The first-order valence-electron chi connectivity index (χ1n) is 13.7. The highest BCUT2D eigenvalue weighted by Crippen LogP contribution is 2.75. The van der Waals surface area contributed by atoms with E-state index in [-0.39, 0.29) is 5.91 Å². The van der Waals surface area contributed by atoms with E-state index in [9.17, 15) is 4.79 Å². The minimum Gasteiger partial charge on any atom is -0.379 e. The lowest BCUT2D eigenvalue weighted by molar-refractivity contribution is 0.0449. The minimum atomic E-state index is -0.0492. The monoisotopic (exact) mass is 486 g/mol. The summed E-state index contributed by atoms with van der Waals surface area (Å²) in [5.41, 5.74) is 6.55. The highest BCUT2D eigenvalue weighted by Gasteiger charge is 2.70. The summed E-state index contributed by atoms with van der Waals surface area (Å²) in [7, 11) is 0. The molecule has 0 unspecified atom stereocenters. The Kier molecular flexibility index (Phi) is 6.03. The summed E-state index contributed by atoms with van der Waals surface area (Å²) in [5, 5.41) is 3.15. The van der Waals surface area contributed by atoms with Gasteiger partial charge in [0.15, 0.2) is 0 Å². The first-order chi connectivity index (χ1) is 17.5. The number of carbonyl (C=O) groups excluding carboxylic acids is 1. The van der Waals surface area contributed by atoms with Crippen molar-refractivity contribution in [2.75, 3.05) is 24.6 Å². The number of carbonyl (C=O) groups is 1. The number of pyridine rings is 1. The highest BCUT2D eigenvalue weighted by atomic mass is 16.5. The molecule has 0 bridgehead atoms. The van der Waals surface area contributed by atoms with Gasteiger partial charge < -0.3 is 15.0 Å². The molecule has 1 amide bonds. The van der Waals surface area contributed by atoms with Gasteiger partial charge in [0.05, 0.1) is 11.8 Å². The van der Waals surface area contributed by atoms with E-state index in [0.29, 0.717) is 29.7 Å². The van der Waals surface area contributed by atoms with Crippen molar-refractivity contribution in [3.63, 3.8) is 0 Å². The molecule has 2 saturated carbocycles. The Bertz CT molecular complexity index is 1250. The summed E-state index contributed by atoms with van der Waals surface area (Å²) >= 11 is 0. The number of nitrogens with zero attached hydrogens (tertiary/aromatic N) is 3. The van der Waals surface area contributed by atoms with Crippen molar-refractivity contribution in [3.8, 4) is 0 Å². The zero-order valence-corrected chi connectivity index (χ0v) is 21.8. The van der Waals surface area contributed by atoms with Crippen LogP contribution in [0.3, 0.4) is 0 Å². The van der Waals surface area contributed by atoms with E-state index in [1.165, 1.54) is 36.9 Å². The van der Waals surface area contributed by atoms with Gasteiger partial charge in [-0.2, -0.15) is 0 Å². The van der Waals surface area contributed by atoms with Crippen molar-refractivity contribution in [2.24, 2.45) is 11.8 Å².